The summed E-state index contributed by atoms with van der Waals surface area (Å²) in [6.45, 7) is 6.65. The van der Waals surface area contributed by atoms with Gasteiger partial charge in [-0.1, -0.05) is 36.4 Å². The highest BCUT2D eigenvalue weighted by atomic mass is 15.0. The van der Waals surface area contributed by atoms with Crippen LogP contribution < -0.4 is 9.13 Å². The van der Waals surface area contributed by atoms with Crippen molar-refractivity contribution in [2.75, 3.05) is 0 Å². The molecule has 0 bridgehead atoms. The van der Waals surface area contributed by atoms with E-state index in [1.807, 2.05) is 0 Å². The highest BCUT2D eigenvalue weighted by Gasteiger charge is 2.37. The Morgan fingerprint density at radius 3 is 1.40 bits per heavy atom. The second-order valence-corrected chi connectivity index (χ2v) is 13.5. The zero-order valence-electron chi connectivity index (χ0n) is 28.2. The zero-order valence-corrected chi connectivity index (χ0v) is 28.2. The molecule has 0 spiro atoms. The fourth-order valence-corrected chi connectivity index (χ4v) is 8.39. The first kappa shape index (κ1) is 28.7. The van der Waals surface area contributed by atoms with Crippen molar-refractivity contribution in [3.63, 3.8) is 0 Å². The Labute approximate surface area is 282 Å². The van der Waals surface area contributed by atoms with Gasteiger partial charge in [0.05, 0.1) is 11.1 Å². The molecule has 6 heterocycles. The monoisotopic (exact) mass is 624 g/mol. The van der Waals surface area contributed by atoms with Crippen molar-refractivity contribution in [2.45, 2.75) is 39.8 Å². The van der Waals surface area contributed by atoms with Gasteiger partial charge in [-0.25, -0.2) is 0 Å². The minimum atomic E-state index is 0.977. The van der Waals surface area contributed by atoms with Crippen molar-refractivity contribution in [2.24, 2.45) is 14.1 Å². The first-order valence-electron chi connectivity index (χ1n) is 17.1. The van der Waals surface area contributed by atoms with E-state index in [-0.39, 0.29) is 0 Å². The van der Waals surface area contributed by atoms with Crippen molar-refractivity contribution in [3.8, 4) is 22.5 Å². The van der Waals surface area contributed by atoms with E-state index in [1.165, 1.54) is 89.4 Å². The molecule has 0 radical (unpaired) electrons. The van der Waals surface area contributed by atoms with Crippen LogP contribution in [0.25, 0.3) is 68.6 Å². The van der Waals surface area contributed by atoms with Gasteiger partial charge in [-0.2, -0.15) is 9.13 Å². The number of aromatic nitrogens is 4. The van der Waals surface area contributed by atoms with E-state index in [2.05, 4.69) is 168 Å². The third-order valence-corrected chi connectivity index (χ3v) is 11.1. The number of rotatable bonds is 4. The minimum absolute atomic E-state index is 0.977. The average molecular weight is 625 g/mol. The van der Waals surface area contributed by atoms with Crippen LogP contribution >= 0.6 is 0 Å². The third-order valence-electron chi connectivity index (χ3n) is 11.1. The first-order chi connectivity index (χ1) is 23.5. The van der Waals surface area contributed by atoms with E-state index in [0.29, 0.717) is 0 Å². The first-order valence-corrected chi connectivity index (χ1v) is 17.1. The number of fused-ring (bicyclic) bond motifs is 9. The molecule has 3 aromatic carbocycles. The van der Waals surface area contributed by atoms with Crippen LogP contribution in [0, 0.1) is 13.8 Å². The van der Waals surface area contributed by atoms with Gasteiger partial charge < -0.3 is 9.13 Å². The number of pyridine rings is 2. The Bertz CT molecular complexity index is 2330. The number of benzene rings is 3. The van der Waals surface area contributed by atoms with Gasteiger partial charge in [-0.3, -0.25) is 0 Å². The normalized spacial score (nSPS) is 13.8. The Balaban J connectivity index is 1.17. The highest BCUT2D eigenvalue weighted by molar-refractivity contribution is 5.88. The van der Waals surface area contributed by atoms with Gasteiger partial charge in [-0.05, 0) is 84.7 Å². The molecule has 4 aromatic heterocycles. The molecule has 48 heavy (non-hydrogen) atoms. The van der Waals surface area contributed by atoms with Crippen molar-refractivity contribution in [3.05, 3.63) is 142 Å². The largest absolute Gasteiger partial charge is 0.344 e. The molecule has 7 aromatic rings. The highest BCUT2D eigenvalue weighted by Crippen LogP contribution is 2.43. The van der Waals surface area contributed by atoms with E-state index < -0.39 is 0 Å². The van der Waals surface area contributed by atoms with Crippen LogP contribution in [0.15, 0.2) is 97.1 Å². The SMILES string of the molecule is Cc1c(C)c2c(c3c1CC[n+]1c(/C=C/c4cc5ccccc5n4C)cccc1-3)-c1cccc(/C=C/c3cc4ccccc4n3C)[n+]1CC2. The molecule has 0 saturated carbocycles. The molecule has 2 aliphatic heterocycles. The fourth-order valence-electron chi connectivity index (χ4n) is 8.39. The smallest absolute Gasteiger partial charge is 0.214 e. The molecule has 4 heteroatoms. The van der Waals surface area contributed by atoms with E-state index in [1.54, 1.807) is 0 Å². The summed E-state index contributed by atoms with van der Waals surface area (Å²) < 4.78 is 9.65. The summed E-state index contributed by atoms with van der Waals surface area (Å²) in [5.74, 6) is 0. The molecule has 234 valence electrons. The topological polar surface area (TPSA) is 17.6 Å². The van der Waals surface area contributed by atoms with Crippen LogP contribution in [0.3, 0.4) is 0 Å². The molecular formula is C44H40N4+2. The molecule has 0 N–H and O–H groups in total. The lowest BCUT2D eigenvalue weighted by molar-refractivity contribution is -0.691. The summed E-state index contributed by atoms with van der Waals surface area (Å²) in [4.78, 5) is 0. The van der Waals surface area contributed by atoms with Crippen LogP contribution in [0.1, 0.15) is 45.0 Å². The maximum Gasteiger partial charge on any atom is 0.214 e. The fraction of sp³-hybridized carbons (Fsp3) is 0.182. The molecule has 0 atom stereocenters. The van der Waals surface area contributed by atoms with Crippen molar-refractivity contribution in [1.82, 2.24) is 9.13 Å². The van der Waals surface area contributed by atoms with Crippen molar-refractivity contribution in [1.29, 1.82) is 0 Å². The molecule has 0 fully saturated rings. The van der Waals surface area contributed by atoms with Crippen molar-refractivity contribution >= 4 is 46.1 Å². The number of nitrogens with zero attached hydrogens (tertiary/aromatic N) is 4. The van der Waals surface area contributed by atoms with E-state index in [0.717, 1.165) is 25.9 Å². The van der Waals surface area contributed by atoms with Gasteiger partial charge in [0.2, 0.25) is 22.8 Å². The molecule has 0 unspecified atom stereocenters. The van der Waals surface area contributed by atoms with Crippen LogP contribution in [-0.4, -0.2) is 9.13 Å². The Hall–Kier alpha value is -5.48. The van der Waals surface area contributed by atoms with Crippen LogP contribution in [0.2, 0.25) is 0 Å². The Kier molecular flexibility index (Phi) is 6.62. The lowest BCUT2D eigenvalue weighted by Gasteiger charge is -2.27. The van der Waals surface area contributed by atoms with E-state index >= 15 is 0 Å². The quantitative estimate of drug-likeness (QED) is 0.175. The van der Waals surface area contributed by atoms with Gasteiger partial charge >= 0.3 is 0 Å². The molecule has 9 rings (SSSR count). The minimum Gasteiger partial charge on any atom is -0.344 e. The lowest BCUT2D eigenvalue weighted by Crippen LogP contribution is -2.46. The molecule has 4 nitrogen and oxygen atoms in total. The predicted octanol–water partition coefficient (Wildman–Crippen LogP) is 8.65. The van der Waals surface area contributed by atoms with Gasteiger partial charge in [0.1, 0.15) is 0 Å². The standard InChI is InChI=1S/C44H40N4/c1-29-30(2)38-24-26-48-34(20-22-36-28-32-12-6-8-16-40(32)46(36)4)14-10-18-42(48)44(38)43-37(29)23-25-47-33(13-9-17-41(43)47)19-21-35-27-31-11-5-7-15-39(31)45(35)3/h5-22,27-28H,23-26H2,1-4H3/q+2. The summed E-state index contributed by atoms with van der Waals surface area (Å²) in [7, 11) is 4.31. The molecular weight excluding hydrogens is 585 g/mol. The second kappa shape index (κ2) is 11.1. The van der Waals surface area contributed by atoms with Crippen molar-refractivity contribution < 1.29 is 9.13 Å². The van der Waals surface area contributed by atoms with Crippen LogP contribution in [0.4, 0.5) is 0 Å². The van der Waals surface area contributed by atoms with E-state index in [9.17, 15) is 0 Å². The predicted molar refractivity (Wildman–Crippen MR) is 198 cm³/mol. The summed E-state index contributed by atoms with van der Waals surface area (Å²) >= 11 is 0. The number of hydrogen-bond donors (Lipinski definition) is 0. The summed E-state index contributed by atoms with van der Waals surface area (Å²) in [5, 5.41) is 2.55. The average Bonchev–Trinajstić information content (AvgIpc) is 3.62. The molecule has 0 saturated heterocycles. The maximum atomic E-state index is 2.54. The molecule has 2 aliphatic rings. The zero-order chi connectivity index (χ0) is 32.5. The third kappa shape index (κ3) is 4.36. The summed E-state index contributed by atoms with van der Waals surface area (Å²) in [6, 6.07) is 35.5. The Morgan fingerprint density at radius 2 is 0.958 bits per heavy atom. The van der Waals surface area contributed by atoms with Gasteiger partial charge in [0.15, 0.2) is 13.1 Å². The van der Waals surface area contributed by atoms with Gasteiger partial charge in [-0.15, -0.1) is 0 Å². The van der Waals surface area contributed by atoms with Gasteiger partial charge in [0.25, 0.3) is 0 Å². The number of para-hydroxylation sites is 2. The molecule has 0 aliphatic carbocycles. The van der Waals surface area contributed by atoms with Gasteiger partial charge in [0, 0.05) is 96.5 Å². The maximum absolute atomic E-state index is 2.54. The number of hydrogen-bond acceptors (Lipinski definition) is 0. The lowest BCUT2D eigenvalue weighted by atomic mass is 9.79. The summed E-state index contributed by atoms with van der Waals surface area (Å²) in [6.07, 6.45) is 11.2. The Morgan fingerprint density at radius 1 is 0.521 bits per heavy atom. The summed E-state index contributed by atoms with van der Waals surface area (Å²) in [5.41, 5.74) is 18.8. The number of aryl methyl sites for hydroxylation is 2. The van der Waals surface area contributed by atoms with Crippen LogP contribution in [0.5, 0.6) is 0 Å². The van der Waals surface area contributed by atoms with E-state index in [4.69, 9.17) is 0 Å². The van der Waals surface area contributed by atoms with Crippen LogP contribution in [-0.2, 0) is 40.0 Å². The molecule has 0 amide bonds. The second-order valence-electron chi connectivity index (χ2n) is 13.5.